The minimum Gasteiger partial charge on any atom is -0.257 e. The van der Waals surface area contributed by atoms with Gasteiger partial charge < -0.3 is 0 Å². The molecule has 1 heterocycles. The first-order valence-corrected chi connectivity index (χ1v) is 8.72. The average molecular weight is 338 g/mol. The standard InChI is InChI=1S/C15H22N2O2S.CO2/c1-6-9-17(5)20(18,19)12-7-8-14-13(10-12)15(3,4)11(2)16-14;2-1-3/h7-8,10H,6,9H2,1-5H3;. The van der Waals surface area contributed by atoms with E-state index in [-0.39, 0.29) is 11.6 Å². The molecule has 0 amide bonds. The van der Waals surface area contributed by atoms with Crippen LogP contribution in [0.4, 0.5) is 5.69 Å². The van der Waals surface area contributed by atoms with Gasteiger partial charge in [-0.15, -0.1) is 0 Å². The van der Waals surface area contributed by atoms with Crippen molar-refractivity contribution in [2.45, 2.75) is 44.4 Å². The van der Waals surface area contributed by atoms with Crippen LogP contribution in [-0.2, 0) is 25.0 Å². The summed E-state index contributed by atoms with van der Waals surface area (Å²) in [5.74, 6) is 0. The Morgan fingerprint density at radius 2 is 1.83 bits per heavy atom. The summed E-state index contributed by atoms with van der Waals surface area (Å²) in [6.45, 7) is 8.62. The molecule has 0 bridgehead atoms. The average Bonchev–Trinajstić information content (AvgIpc) is 2.70. The van der Waals surface area contributed by atoms with E-state index in [0.717, 1.165) is 23.4 Å². The van der Waals surface area contributed by atoms with Crippen molar-refractivity contribution < 1.29 is 18.0 Å². The Morgan fingerprint density at radius 3 is 2.35 bits per heavy atom. The summed E-state index contributed by atoms with van der Waals surface area (Å²) in [5, 5.41) is 0. The van der Waals surface area contributed by atoms with Gasteiger partial charge in [0.05, 0.1) is 10.6 Å². The zero-order valence-electron chi connectivity index (χ0n) is 14.1. The van der Waals surface area contributed by atoms with Crippen LogP contribution in [0.5, 0.6) is 0 Å². The van der Waals surface area contributed by atoms with Crippen molar-refractivity contribution in [1.29, 1.82) is 0 Å². The molecule has 0 unspecified atom stereocenters. The summed E-state index contributed by atoms with van der Waals surface area (Å²) in [6.07, 6.45) is 1.05. The largest absolute Gasteiger partial charge is 0.373 e. The zero-order chi connectivity index (χ0) is 17.8. The van der Waals surface area contributed by atoms with E-state index in [0.29, 0.717) is 11.4 Å². The number of sulfonamides is 1. The summed E-state index contributed by atoms with van der Waals surface area (Å²) in [6, 6.07) is 5.23. The molecule has 0 spiro atoms. The first-order chi connectivity index (χ1) is 10.6. The molecule has 23 heavy (non-hydrogen) atoms. The number of benzene rings is 1. The van der Waals surface area contributed by atoms with Gasteiger partial charge in [-0.3, -0.25) is 4.99 Å². The molecule has 0 saturated carbocycles. The molecule has 0 atom stereocenters. The minimum absolute atomic E-state index is 0.204. The third-order valence-corrected chi connectivity index (χ3v) is 5.93. The molecule has 0 N–H and O–H groups in total. The Hall–Kier alpha value is -1.82. The van der Waals surface area contributed by atoms with Gasteiger partial charge in [0.25, 0.3) is 0 Å². The quantitative estimate of drug-likeness (QED) is 0.844. The van der Waals surface area contributed by atoms with Gasteiger partial charge in [0.2, 0.25) is 10.0 Å². The molecule has 0 saturated heterocycles. The lowest BCUT2D eigenvalue weighted by atomic mass is 9.82. The lowest BCUT2D eigenvalue weighted by Gasteiger charge is -2.22. The fraction of sp³-hybridized carbons (Fsp3) is 0.500. The van der Waals surface area contributed by atoms with Gasteiger partial charge in [-0.1, -0.05) is 20.8 Å². The lowest BCUT2D eigenvalue weighted by molar-refractivity contribution is -0.191. The number of hydrogen-bond acceptors (Lipinski definition) is 5. The molecule has 0 aliphatic carbocycles. The van der Waals surface area contributed by atoms with Gasteiger partial charge in [-0.2, -0.15) is 9.59 Å². The maximum Gasteiger partial charge on any atom is 0.373 e. The topological polar surface area (TPSA) is 83.9 Å². The van der Waals surface area contributed by atoms with Crippen molar-refractivity contribution in [2.24, 2.45) is 4.99 Å². The van der Waals surface area contributed by atoms with Gasteiger partial charge in [-0.25, -0.2) is 12.7 Å². The van der Waals surface area contributed by atoms with E-state index in [1.807, 2.05) is 13.8 Å². The number of hydrogen-bond donors (Lipinski definition) is 0. The van der Waals surface area contributed by atoms with Crippen molar-refractivity contribution in [2.75, 3.05) is 13.6 Å². The Labute approximate surface area is 137 Å². The van der Waals surface area contributed by atoms with E-state index in [4.69, 9.17) is 9.59 Å². The van der Waals surface area contributed by atoms with Gasteiger partial charge in [0.15, 0.2) is 0 Å². The predicted molar refractivity (Wildman–Crippen MR) is 87.4 cm³/mol. The van der Waals surface area contributed by atoms with Crippen LogP contribution >= 0.6 is 0 Å². The fourth-order valence-electron chi connectivity index (χ4n) is 2.40. The normalized spacial score (nSPS) is 15.3. The van der Waals surface area contributed by atoms with E-state index in [1.165, 1.54) is 4.31 Å². The second-order valence-electron chi connectivity index (χ2n) is 5.91. The Balaban J connectivity index is 0.000000816. The molecule has 1 aromatic rings. The first-order valence-electron chi connectivity index (χ1n) is 7.28. The van der Waals surface area contributed by atoms with E-state index >= 15 is 0 Å². The molecular formula is C16H22N2O4S. The number of aliphatic imine (C=N–C) groups is 1. The summed E-state index contributed by atoms with van der Waals surface area (Å²) in [5.41, 5.74) is 2.68. The number of carbonyl (C=O) groups excluding carboxylic acids is 2. The first kappa shape index (κ1) is 19.2. The Morgan fingerprint density at radius 1 is 1.26 bits per heavy atom. The van der Waals surface area contributed by atoms with Gasteiger partial charge >= 0.3 is 6.15 Å². The number of nitrogens with zero attached hydrogens (tertiary/aromatic N) is 2. The highest BCUT2D eigenvalue weighted by Gasteiger charge is 2.33. The highest BCUT2D eigenvalue weighted by molar-refractivity contribution is 7.89. The molecule has 0 radical (unpaired) electrons. The second-order valence-corrected chi connectivity index (χ2v) is 7.96. The van der Waals surface area contributed by atoms with Gasteiger partial charge in [0.1, 0.15) is 0 Å². The van der Waals surface area contributed by atoms with Crippen molar-refractivity contribution in [1.82, 2.24) is 4.31 Å². The molecule has 7 heteroatoms. The molecule has 126 valence electrons. The van der Waals surface area contributed by atoms with Crippen molar-refractivity contribution in [3.05, 3.63) is 23.8 Å². The van der Waals surface area contributed by atoms with E-state index in [1.54, 1.807) is 25.2 Å². The van der Waals surface area contributed by atoms with Crippen molar-refractivity contribution >= 4 is 27.6 Å². The highest BCUT2D eigenvalue weighted by Crippen LogP contribution is 2.41. The summed E-state index contributed by atoms with van der Waals surface area (Å²) >= 11 is 0. The van der Waals surface area contributed by atoms with Crippen LogP contribution in [0.3, 0.4) is 0 Å². The SMILES string of the molecule is CCCN(C)S(=O)(=O)c1ccc2c(c1)C(C)(C)C(C)=N2.O=C=O. The maximum absolute atomic E-state index is 12.5. The summed E-state index contributed by atoms with van der Waals surface area (Å²) < 4.78 is 26.4. The highest BCUT2D eigenvalue weighted by atomic mass is 32.2. The van der Waals surface area contributed by atoms with Crippen molar-refractivity contribution in [3.8, 4) is 0 Å². The van der Waals surface area contributed by atoms with E-state index in [9.17, 15) is 8.42 Å². The van der Waals surface area contributed by atoms with Gasteiger partial charge in [0, 0.05) is 24.7 Å². The van der Waals surface area contributed by atoms with Crippen LogP contribution in [-0.4, -0.2) is 38.2 Å². The molecule has 1 aromatic carbocycles. The molecule has 0 aromatic heterocycles. The zero-order valence-corrected chi connectivity index (χ0v) is 14.9. The second kappa shape index (κ2) is 7.17. The van der Waals surface area contributed by atoms with Crippen LogP contribution in [0.25, 0.3) is 0 Å². The fourth-order valence-corrected chi connectivity index (χ4v) is 3.69. The monoisotopic (exact) mass is 338 g/mol. The molecular weight excluding hydrogens is 316 g/mol. The third-order valence-electron chi connectivity index (χ3n) is 4.08. The lowest BCUT2D eigenvalue weighted by Crippen LogP contribution is -2.28. The molecule has 1 aliphatic heterocycles. The van der Waals surface area contributed by atoms with Crippen LogP contribution in [0.15, 0.2) is 28.1 Å². The number of fused-ring (bicyclic) bond motifs is 1. The predicted octanol–water partition coefficient (Wildman–Crippen LogP) is 2.52. The molecule has 1 aliphatic rings. The van der Waals surface area contributed by atoms with Crippen LogP contribution in [0.2, 0.25) is 0 Å². The molecule has 0 fully saturated rings. The van der Waals surface area contributed by atoms with Crippen LogP contribution in [0.1, 0.15) is 39.7 Å². The van der Waals surface area contributed by atoms with E-state index < -0.39 is 10.0 Å². The van der Waals surface area contributed by atoms with Gasteiger partial charge in [-0.05, 0) is 37.1 Å². The summed E-state index contributed by atoms with van der Waals surface area (Å²) in [7, 11) is -1.78. The molecule has 6 nitrogen and oxygen atoms in total. The minimum atomic E-state index is -3.41. The van der Waals surface area contributed by atoms with Crippen molar-refractivity contribution in [3.63, 3.8) is 0 Å². The van der Waals surface area contributed by atoms with E-state index in [2.05, 4.69) is 18.8 Å². The Bertz CT molecular complexity index is 745. The Kier molecular flexibility index (Phi) is 5.99. The number of rotatable bonds is 4. The molecule has 2 rings (SSSR count). The smallest absolute Gasteiger partial charge is 0.257 e. The van der Waals surface area contributed by atoms with Crippen LogP contribution in [0, 0.1) is 0 Å². The van der Waals surface area contributed by atoms with Crippen LogP contribution < -0.4 is 0 Å². The maximum atomic E-state index is 12.5. The third kappa shape index (κ3) is 3.75. The summed E-state index contributed by atoms with van der Waals surface area (Å²) in [4.78, 5) is 21.1.